The second kappa shape index (κ2) is 6.28. The smallest absolute Gasteiger partial charge is 0.209 e. The van der Waals surface area contributed by atoms with Crippen molar-refractivity contribution < 1.29 is 24.0 Å². The molecule has 3 rings (SSSR count). The van der Waals surface area contributed by atoms with E-state index in [-0.39, 0.29) is 24.0 Å². The lowest BCUT2D eigenvalue weighted by atomic mass is 10.1. The van der Waals surface area contributed by atoms with Gasteiger partial charge < -0.3 is 24.0 Å². The summed E-state index contributed by atoms with van der Waals surface area (Å²) in [5, 5.41) is 6.27. The molecule has 1 aromatic carbocycles. The van der Waals surface area contributed by atoms with Gasteiger partial charge >= 0.3 is 0 Å². The van der Waals surface area contributed by atoms with Gasteiger partial charge in [-0.1, -0.05) is 30.3 Å². The summed E-state index contributed by atoms with van der Waals surface area (Å²) in [6.07, 6.45) is 5.31. The average molecular weight is 380 g/mol. The number of aromatic nitrogens is 1. The van der Waals surface area contributed by atoms with Crippen LogP contribution in [0.1, 0.15) is 11.9 Å². The number of hydrogen-bond acceptors (Lipinski definition) is 3. The lowest BCUT2D eigenvalue weighted by molar-refractivity contribution is -0.00000358. The van der Waals surface area contributed by atoms with Crippen LogP contribution in [0.4, 0.5) is 0 Å². The number of rotatable bonds is 2. The molecule has 0 atom stereocenters. The molecule has 0 saturated heterocycles. The Hall–Kier alpha value is -1.23. The number of nitrogens with one attached hydrogen (secondary N) is 1. The number of halogens is 1. The molecule has 0 unspecified atom stereocenters. The molecule has 0 amide bonds. The first-order valence-corrected chi connectivity index (χ1v) is 6.77. The molecule has 2 nitrogen and oxygen atoms in total. The standard InChI is InChI=1S/C15H13N2S.HI/c1-11-9-16-8-7-13(11)15-17-14(10-18-15)12-5-3-2-4-6-12;/h2-7,10,16H,8H2,1H3;1H/q+1;/p-1. The molecular formula is C15H13IN2S. The van der Waals surface area contributed by atoms with Gasteiger partial charge in [-0.05, 0) is 0 Å². The molecule has 2 aromatic rings. The van der Waals surface area contributed by atoms with Gasteiger partial charge in [-0.15, -0.1) is 11.3 Å². The summed E-state index contributed by atoms with van der Waals surface area (Å²) in [5.41, 5.74) is 4.53. The molecule has 0 aliphatic carbocycles. The van der Waals surface area contributed by atoms with Crippen molar-refractivity contribution in [2.45, 2.75) is 6.92 Å². The Morgan fingerprint density at radius 3 is 2.79 bits per heavy atom. The summed E-state index contributed by atoms with van der Waals surface area (Å²) in [5.74, 6) is 0. The van der Waals surface area contributed by atoms with Crippen molar-refractivity contribution in [2.75, 3.05) is 6.54 Å². The summed E-state index contributed by atoms with van der Waals surface area (Å²) in [7, 11) is 0. The van der Waals surface area contributed by atoms with Crippen LogP contribution < -0.4 is 29.3 Å². The van der Waals surface area contributed by atoms with E-state index in [1.165, 1.54) is 11.1 Å². The lowest BCUT2D eigenvalue weighted by Crippen LogP contribution is -3.00. The lowest BCUT2D eigenvalue weighted by Gasteiger charge is -1.99. The Morgan fingerprint density at radius 1 is 1.26 bits per heavy atom. The van der Waals surface area contributed by atoms with Crippen LogP contribution >= 0.6 is 11.3 Å². The summed E-state index contributed by atoms with van der Waals surface area (Å²) in [4.78, 5) is 4.72. The minimum Gasteiger partial charge on any atom is -1.00 e. The fraction of sp³-hybridized carbons (Fsp3) is 0.133. The van der Waals surface area contributed by atoms with Gasteiger partial charge in [0.15, 0.2) is 17.3 Å². The molecule has 96 valence electrons. The van der Waals surface area contributed by atoms with E-state index in [1.54, 1.807) is 11.3 Å². The molecule has 0 bridgehead atoms. The molecule has 4 heteroatoms. The third-order valence-electron chi connectivity index (χ3n) is 2.89. The van der Waals surface area contributed by atoms with Crippen LogP contribution in [-0.2, 0) is 0 Å². The molecule has 0 saturated carbocycles. The molecule has 2 heterocycles. The highest BCUT2D eigenvalue weighted by Gasteiger charge is 2.22. The van der Waals surface area contributed by atoms with Gasteiger partial charge in [0.1, 0.15) is 0 Å². The maximum Gasteiger partial charge on any atom is 0.209 e. The minimum atomic E-state index is 0. The Morgan fingerprint density at radius 2 is 2.05 bits per heavy atom. The Bertz CT molecular complexity index is 614. The van der Waals surface area contributed by atoms with Crippen LogP contribution in [0.15, 0.2) is 47.4 Å². The predicted octanol–water partition coefficient (Wildman–Crippen LogP) is 0.508. The van der Waals surface area contributed by atoms with Crippen molar-refractivity contribution in [1.29, 1.82) is 0 Å². The van der Waals surface area contributed by atoms with Crippen molar-refractivity contribution in [3.8, 4) is 11.3 Å². The number of allylic oxidation sites excluding steroid dienone is 2. The zero-order valence-corrected chi connectivity index (χ0v) is 13.5. The fourth-order valence-corrected chi connectivity index (χ4v) is 2.87. The van der Waals surface area contributed by atoms with E-state index in [0.29, 0.717) is 0 Å². The Kier molecular flexibility index (Phi) is 4.69. The van der Waals surface area contributed by atoms with Crippen LogP contribution in [0.5, 0.6) is 0 Å². The van der Waals surface area contributed by atoms with Gasteiger partial charge in [-0.3, -0.25) is 5.32 Å². The molecule has 19 heavy (non-hydrogen) atoms. The zero-order chi connectivity index (χ0) is 12.4. The monoisotopic (exact) mass is 380 g/mol. The summed E-state index contributed by atoms with van der Waals surface area (Å²) >= 11 is 1.69. The highest BCUT2D eigenvalue weighted by Crippen LogP contribution is 2.30. The average Bonchev–Trinajstić information content (AvgIpc) is 2.90. The quantitative estimate of drug-likeness (QED) is 0.607. The van der Waals surface area contributed by atoms with E-state index >= 15 is 0 Å². The van der Waals surface area contributed by atoms with Crippen LogP contribution in [0.25, 0.3) is 16.8 Å². The van der Waals surface area contributed by atoms with Crippen molar-refractivity contribution in [1.82, 2.24) is 10.3 Å². The van der Waals surface area contributed by atoms with Crippen LogP contribution in [0.3, 0.4) is 0 Å². The van der Waals surface area contributed by atoms with Crippen LogP contribution in [0, 0.1) is 6.20 Å². The van der Waals surface area contributed by atoms with Gasteiger partial charge in [0.05, 0.1) is 12.2 Å². The number of nitrogens with zero attached hydrogens (tertiary/aromatic N) is 1. The largest absolute Gasteiger partial charge is 1.00 e. The SMILES string of the molecule is CC1=[C+]NCC=C1c1nc(-c2ccccc2)cs1.[I-]. The summed E-state index contributed by atoms with van der Waals surface area (Å²) in [6.45, 7) is 2.88. The van der Waals surface area contributed by atoms with E-state index < -0.39 is 0 Å². The topological polar surface area (TPSA) is 24.9 Å². The van der Waals surface area contributed by atoms with E-state index in [1.807, 2.05) is 18.2 Å². The molecule has 0 radical (unpaired) electrons. The fourth-order valence-electron chi connectivity index (χ4n) is 1.94. The van der Waals surface area contributed by atoms with E-state index in [0.717, 1.165) is 22.8 Å². The van der Waals surface area contributed by atoms with E-state index in [4.69, 9.17) is 4.98 Å². The molecule has 0 spiro atoms. The highest BCUT2D eigenvalue weighted by atomic mass is 127. The van der Waals surface area contributed by atoms with E-state index in [2.05, 4.69) is 42.0 Å². The molecule has 1 aliphatic rings. The first-order valence-electron chi connectivity index (χ1n) is 5.89. The Balaban J connectivity index is 0.00000133. The second-order valence-corrected chi connectivity index (χ2v) is 5.01. The highest BCUT2D eigenvalue weighted by molar-refractivity contribution is 7.11. The zero-order valence-electron chi connectivity index (χ0n) is 10.5. The first kappa shape index (κ1) is 14.2. The number of hydrogen-bond donors (Lipinski definition) is 1. The first-order chi connectivity index (χ1) is 8.84. The van der Waals surface area contributed by atoms with Crippen molar-refractivity contribution in [3.05, 3.63) is 58.6 Å². The summed E-state index contributed by atoms with van der Waals surface area (Å²) in [6, 6.07) is 10.3. The predicted molar refractivity (Wildman–Crippen MR) is 76.0 cm³/mol. The van der Waals surface area contributed by atoms with Gasteiger partial charge in [-0.2, -0.15) is 0 Å². The van der Waals surface area contributed by atoms with Gasteiger partial charge in [0, 0.05) is 23.9 Å². The molecule has 1 aliphatic heterocycles. The van der Waals surface area contributed by atoms with Crippen LogP contribution in [0.2, 0.25) is 0 Å². The number of thiazole rings is 1. The van der Waals surface area contributed by atoms with Crippen molar-refractivity contribution in [2.24, 2.45) is 0 Å². The van der Waals surface area contributed by atoms with Crippen LogP contribution in [-0.4, -0.2) is 11.5 Å². The third kappa shape index (κ3) is 3.03. The molecule has 0 fully saturated rings. The van der Waals surface area contributed by atoms with Gasteiger partial charge in [-0.25, -0.2) is 4.98 Å². The van der Waals surface area contributed by atoms with Crippen molar-refractivity contribution >= 4 is 16.9 Å². The maximum absolute atomic E-state index is 4.72. The summed E-state index contributed by atoms with van der Waals surface area (Å²) < 4.78 is 0. The van der Waals surface area contributed by atoms with Crippen molar-refractivity contribution in [3.63, 3.8) is 0 Å². The second-order valence-electron chi connectivity index (χ2n) is 4.15. The molecular weight excluding hydrogens is 367 g/mol. The normalized spacial score (nSPS) is 13.5. The van der Waals surface area contributed by atoms with E-state index in [9.17, 15) is 0 Å². The van der Waals surface area contributed by atoms with Gasteiger partial charge in [0.2, 0.25) is 5.01 Å². The maximum atomic E-state index is 4.72. The minimum absolute atomic E-state index is 0. The third-order valence-corrected chi connectivity index (χ3v) is 3.77. The van der Waals surface area contributed by atoms with Gasteiger partial charge in [0.25, 0.3) is 0 Å². The number of dihydropyridines is 1. The number of benzene rings is 1. The molecule has 1 N–H and O–H groups in total. The molecule has 1 aromatic heterocycles. The Labute approximate surface area is 134 Å².